The fraction of sp³-hybridized carbons (Fsp3) is 0.333. The third kappa shape index (κ3) is 4.07. The first-order chi connectivity index (χ1) is 16.1. The first-order valence-corrected chi connectivity index (χ1v) is 10.7. The van der Waals surface area contributed by atoms with Crippen molar-refractivity contribution in [2.24, 2.45) is 0 Å². The Bertz CT molecular complexity index is 1170. The van der Waals surface area contributed by atoms with Gasteiger partial charge in [0.05, 0.1) is 6.67 Å². The SMILES string of the molecule is Cc1ccccc1C(=O)C(O)[C@H]1O[C@@H](N2CNC(=O)NC2=O)C[C@@]1(O)C(=O)c1ccccc1C. The molecule has 10 nitrogen and oxygen atoms in total. The highest BCUT2D eigenvalue weighted by Gasteiger charge is 2.59. The number of carbonyl (C=O) groups excluding carboxylic acids is 4. The highest BCUT2D eigenvalue weighted by atomic mass is 16.6. The summed E-state index contributed by atoms with van der Waals surface area (Å²) in [6, 6.07) is 11.7. The minimum absolute atomic E-state index is 0.200. The van der Waals surface area contributed by atoms with Gasteiger partial charge in [-0.3, -0.25) is 19.8 Å². The standard InChI is InChI=1S/C24H25N3O7/c1-13-7-3-5-9-15(13)18(28)19(29)21-24(33,20(30)16-10-6-4-8-14(16)2)11-17(34-21)27-12-25-22(31)26-23(27)32/h3-10,17,19,21,29,33H,11-12H2,1-2H3,(H2,25,26,31,32)/t17-,19?,21-,24-/m1/s1. The molecule has 2 saturated heterocycles. The van der Waals surface area contributed by atoms with Gasteiger partial charge >= 0.3 is 12.1 Å². The molecule has 4 rings (SSSR count). The molecule has 2 aliphatic heterocycles. The van der Waals surface area contributed by atoms with Crippen molar-refractivity contribution in [3.05, 3.63) is 70.8 Å². The maximum atomic E-state index is 13.6. The lowest BCUT2D eigenvalue weighted by Gasteiger charge is -2.32. The van der Waals surface area contributed by atoms with E-state index in [1.807, 2.05) is 0 Å². The molecule has 178 valence electrons. The number of ketones is 2. The van der Waals surface area contributed by atoms with Gasteiger partial charge in [0.2, 0.25) is 0 Å². The van der Waals surface area contributed by atoms with Gasteiger partial charge < -0.3 is 20.3 Å². The second-order valence-corrected chi connectivity index (χ2v) is 8.47. The number of nitrogens with one attached hydrogen (secondary N) is 2. The summed E-state index contributed by atoms with van der Waals surface area (Å²) in [7, 11) is 0. The van der Waals surface area contributed by atoms with Crippen LogP contribution in [0.5, 0.6) is 0 Å². The summed E-state index contributed by atoms with van der Waals surface area (Å²) in [5.74, 6) is -1.47. The molecule has 0 bridgehead atoms. The predicted octanol–water partition coefficient (Wildman–Crippen LogP) is 1.27. The summed E-state index contributed by atoms with van der Waals surface area (Å²) in [5, 5.41) is 27.2. The van der Waals surface area contributed by atoms with Crippen LogP contribution in [0.1, 0.15) is 38.3 Å². The quantitative estimate of drug-likeness (QED) is 0.468. The fourth-order valence-electron chi connectivity index (χ4n) is 4.33. The van der Waals surface area contributed by atoms with Crippen molar-refractivity contribution in [3.8, 4) is 0 Å². The van der Waals surface area contributed by atoms with Crippen molar-refractivity contribution in [1.29, 1.82) is 0 Å². The number of aryl methyl sites for hydroxylation is 2. The summed E-state index contributed by atoms with van der Waals surface area (Å²) < 4.78 is 5.82. The third-order valence-corrected chi connectivity index (χ3v) is 6.25. The van der Waals surface area contributed by atoms with E-state index >= 15 is 0 Å². The minimum atomic E-state index is -2.32. The van der Waals surface area contributed by atoms with Crippen LogP contribution in [0.15, 0.2) is 48.5 Å². The smallest absolute Gasteiger partial charge is 0.328 e. The molecular formula is C24H25N3O7. The summed E-state index contributed by atoms with van der Waals surface area (Å²) in [4.78, 5) is 51.6. The Kier molecular flexibility index (Phi) is 6.22. The summed E-state index contributed by atoms with van der Waals surface area (Å²) >= 11 is 0. The number of Topliss-reactive ketones (excluding diaryl/α,β-unsaturated/α-hetero) is 2. The number of hydrogen-bond donors (Lipinski definition) is 4. The van der Waals surface area contributed by atoms with Crippen LogP contribution in [-0.4, -0.2) is 69.4 Å². The zero-order chi connectivity index (χ0) is 24.6. The number of benzene rings is 2. The van der Waals surface area contributed by atoms with Crippen LogP contribution in [0, 0.1) is 13.8 Å². The zero-order valence-corrected chi connectivity index (χ0v) is 18.6. The molecule has 2 aromatic rings. The Labute approximate surface area is 195 Å². The van der Waals surface area contributed by atoms with Crippen molar-refractivity contribution in [1.82, 2.24) is 15.5 Å². The van der Waals surface area contributed by atoms with Gasteiger partial charge in [-0.25, -0.2) is 9.59 Å². The highest BCUT2D eigenvalue weighted by Crippen LogP contribution is 2.38. The molecule has 1 unspecified atom stereocenters. The number of imide groups is 1. The van der Waals surface area contributed by atoms with Gasteiger partial charge in [0.15, 0.2) is 17.2 Å². The van der Waals surface area contributed by atoms with Crippen molar-refractivity contribution in [3.63, 3.8) is 0 Å². The summed E-state index contributed by atoms with van der Waals surface area (Å²) in [5.41, 5.74) is -0.711. The van der Waals surface area contributed by atoms with E-state index in [2.05, 4.69) is 10.6 Å². The molecule has 0 spiro atoms. The van der Waals surface area contributed by atoms with Gasteiger partial charge in [-0.15, -0.1) is 0 Å². The number of amides is 4. The number of ether oxygens (including phenoxy) is 1. The van der Waals surface area contributed by atoms with Crippen LogP contribution < -0.4 is 10.6 Å². The average molecular weight is 467 g/mol. The van der Waals surface area contributed by atoms with Gasteiger partial charge in [0, 0.05) is 17.5 Å². The molecule has 4 atom stereocenters. The molecule has 2 aromatic carbocycles. The second kappa shape index (κ2) is 8.98. The molecule has 4 N–H and O–H groups in total. The zero-order valence-electron chi connectivity index (χ0n) is 18.6. The monoisotopic (exact) mass is 467 g/mol. The van der Waals surface area contributed by atoms with E-state index in [4.69, 9.17) is 4.74 Å². The number of aliphatic hydroxyl groups is 2. The van der Waals surface area contributed by atoms with Crippen molar-refractivity contribution < 1.29 is 34.1 Å². The molecule has 34 heavy (non-hydrogen) atoms. The van der Waals surface area contributed by atoms with E-state index in [0.29, 0.717) is 11.1 Å². The summed E-state index contributed by atoms with van der Waals surface area (Å²) in [6.07, 6.45) is -5.16. The molecule has 0 saturated carbocycles. The number of rotatable bonds is 6. The van der Waals surface area contributed by atoms with Gasteiger partial charge in [0.25, 0.3) is 0 Å². The fourth-order valence-corrected chi connectivity index (χ4v) is 4.33. The Hall–Kier alpha value is -3.60. The maximum Gasteiger partial charge on any atom is 0.328 e. The number of nitrogens with zero attached hydrogens (tertiary/aromatic N) is 1. The van der Waals surface area contributed by atoms with Crippen LogP contribution in [0.3, 0.4) is 0 Å². The van der Waals surface area contributed by atoms with Gasteiger partial charge in [-0.05, 0) is 25.0 Å². The van der Waals surface area contributed by atoms with Crippen LogP contribution in [0.4, 0.5) is 9.59 Å². The average Bonchev–Trinajstić information content (AvgIpc) is 3.16. The van der Waals surface area contributed by atoms with E-state index in [0.717, 1.165) is 4.90 Å². The lowest BCUT2D eigenvalue weighted by molar-refractivity contribution is -0.101. The molecule has 0 aromatic heterocycles. The maximum absolute atomic E-state index is 13.6. The molecular weight excluding hydrogens is 442 g/mol. The Morgan fingerprint density at radius 1 is 1.06 bits per heavy atom. The van der Waals surface area contributed by atoms with Crippen LogP contribution in [-0.2, 0) is 4.74 Å². The molecule has 2 fully saturated rings. The number of carbonyl (C=O) groups is 4. The van der Waals surface area contributed by atoms with E-state index in [-0.39, 0.29) is 17.8 Å². The number of hydrogen-bond acceptors (Lipinski definition) is 7. The Balaban J connectivity index is 1.71. The lowest BCUT2D eigenvalue weighted by atomic mass is 9.81. The molecule has 4 amide bonds. The van der Waals surface area contributed by atoms with Crippen LogP contribution in [0.25, 0.3) is 0 Å². The van der Waals surface area contributed by atoms with E-state index in [1.165, 1.54) is 12.1 Å². The van der Waals surface area contributed by atoms with Gasteiger partial charge in [-0.1, -0.05) is 48.5 Å². The first-order valence-electron chi connectivity index (χ1n) is 10.7. The Morgan fingerprint density at radius 3 is 2.24 bits per heavy atom. The lowest BCUT2D eigenvalue weighted by Crippen LogP contribution is -2.60. The molecule has 2 aliphatic rings. The van der Waals surface area contributed by atoms with Gasteiger partial charge in [-0.2, -0.15) is 0 Å². The number of aliphatic hydroxyl groups excluding tert-OH is 1. The normalized spacial score (nSPS) is 25.5. The van der Waals surface area contributed by atoms with E-state index in [1.54, 1.807) is 50.2 Å². The molecule has 0 aliphatic carbocycles. The van der Waals surface area contributed by atoms with E-state index < -0.39 is 54.1 Å². The van der Waals surface area contributed by atoms with Crippen molar-refractivity contribution in [2.75, 3.05) is 6.67 Å². The van der Waals surface area contributed by atoms with Crippen LogP contribution >= 0.6 is 0 Å². The minimum Gasteiger partial charge on any atom is -0.382 e. The largest absolute Gasteiger partial charge is 0.382 e. The van der Waals surface area contributed by atoms with Gasteiger partial charge in [0.1, 0.15) is 18.4 Å². The van der Waals surface area contributed by atoms with Crippen LogP contribution in [0.2, 0.25) is 0 Å². The highest BCUT2D eigenvalue weighted by molar-refractivity contribution is 6.06. The molecule has 0 radical (unpaired) electrons. The first kappa shape index (κ1) is 23.6. The number of urea groups is 2. The predicted molar refractivity (Wildman–Crippen MR) is 119 cm³/mol. The Morgan fingerprint density at radius 2 is 1.65 bits per heavy atom. The van der Waals surface area contributed by atoms with Crippen molar-refractivity contribution in [2.45, 2.75) is 44.3 Å². The van der Waals surface area contributed by atoms with E-state index in [9.17, 15) is 29.4 Å². The summed E-state index contributed by atoms with van der Waals surface area (Å²) in [6.45, 7) is 3.16. The second-order valence-electron chi connectivity index (χ2n) is 8.47. The van der Waals surface area contributed by atoms with Crippen molar-refractivity contribution >= 4 is 23.6 Å². The third-order valence-electron chi connectivity index (χ3n) is 6.25. The molecule has 10 heteroatoms. The topological polar surface area (TPSA) is 145 Å². The molecule has 2 heterocycles.